The molecule has 6 nitrogen and oxygen atoms in total. The molecule has 8 heteroatoms. The van der Waals surface area contributed by atoms with E-state index in [1.807, 2.05) is 13.8 Å². The number of carbonyl (C=O) groups excluding carboxylic acids is 1. The Morgan fingerprint density at radius 2 is 1.85 bits per heavy atom. The van der Waals surface area contributed by atoms with Crippen LogP contribution in [-0.4, -0.2) is 33.2 Å². The van der Waals surface area contributed by atoms with Crippen LogP contribution in [0, 0.1) is 0 Å². The first-order valence-electron chi connectivity index (χ1n) is 8.41. The molecule has 0 aliphatic heterocycles. The highest BCUT2D eigenvalue weighted by molar-refractivity contribution is 7.92. The van der Waals surface area contributed by atoms with E-state index in [1.54, 1.807) is 48.5 Å². The van der Waals surface area contributed by atoms with Crippen LogP contribution in [0.15, 0.2) is 48.5 Å². The van der Waals surface area contributed by atoms with E-state index in [0.29, 0.717) is 16.5 Å². The van der Waals surface area contributed by atoms with Gasteiger partial charge in [-0.25, -0.2) is 8.42 Å². The summed E-state index contributed by atoms with van der Waals surface area (Å²) < 4.78 is 31.1. The molecule has 0 heterocycles. The predicted octanol–water partition coefficient (Wildman–Crippen LogP) is 3.21. The van der Waals surface area contributed by atoms with Crippen LogP contribution in [0.1, 0.15) is 19.4 Å². The van der Waals surface area contributed by atoms with Crippen LogP contribution in [0.2, 0.25) is 5.02 Å². The number of carbonyl (C=O) groups is 1. The van der Waals surface area contributed by atoms with Crippen molar-refractivity contribution in [2.24, 2.45) is 0 Å². The minimum atomic E-state index is -3.65. The third-order valence-electron chi connectivity index (χ3n) is 3.57. The summed E-state index contributed by atoms with van der Waals surface area (Å²) in [7, 11) is -3.65. The fourth-order valence-electron chi connectivity index (χ4n) is 2.37. The molecule has 1 N–H and O–H groups in total. The van der Waals surface area contributed by atoms with Crippen molar-refractivity contribution < 1.29 is 17.9 Å². The zero-order chi connectivity index (χ0) is 20.0. The van der Waals surface area contributed by atoms with Crippen molar-refractivity contribution in [1.82, 2.24) is 5.32 Å². The van der Waals surface area contributed by atoms with Crippen LogP contribution >= 0.6 is 11.6 Å². The molecule has 2 rings (SSSR count). The van der Waals surface area contributed by atoms with Gasteiger partial charge in [-0.2, -0.15) is 0 Å². The number of hydrogen-bond donors (Lipinski definition) is 1. The maximum atomic E-state index is 12.3. The Hall–Kier alpha value is -2.25. The summed E-state index contributed by atoms with van der Waals surface area (Å²) in [5, 5.41) is 3.33. The highest BCUT2D eigenvalue weighted by atomic mass is 35.5. The summed E-state index contributed by atoms with van der Waals surface area (Å²) in [5.74, 6) is 0.128. The van der Waals surface area contributed by atoms with E-state index in [0.717, 1.165) is 16.1 Å². The van der Waals surface area contributed by atoms with E-state index in [2.05, 4.69) is 5.32 Å². The topological polar surface area (TPSA) is 75.7 Å². The van der Waals surface area contributed by atoms with Crippen LogP contribution in [0.4, 0.5) is 5.69 Å². The number of benzene rings is 2. The number of nitrogens with one attached hydrogen (secondary N) is 1. The molecule has 2 aromatic rings. The molecule has 1 amide bonds. The molecule has 0 bridgehead atoms. The smallest absolute Gasteiger partial charge is 0.241 e. The molecule has 0 saturated carbocycles. The summed E-state index contributed by atoms with van der Waals surface area (Å²) in [4.78, 5) is 12.3. The standard InChI is InChI=1S/C19H23ClN2O4S/c1-14(2)26-18-6-4-5-17(11-18)22(27(3,24)25)13-19(23)21-12-15-7-9-16(20)10-8-15/h4-11,14H,12-13H2,1-3H3,(H,21,23). The number of sulfonamides is 1. The molecular formula is C19H23ClN2O4S. The Balaban J connectivity index is 2.10. The van der Waals surface area contributed by atoms with Gasteiger partial charge >= 0.3 is 0 Å². The summed E-state index contributed by atoms with van der Waals surface area (Å²) in [6.07, 6.45) is 1.02. The average Bonchev–Trinajstić information content (AvgIpc) is 2.58. The number of ether oxygens (including phenoxy) is 1. The molecular weight excluding hydrogens is 388 g/mol. The van der Waals surface area contributed by atoms with Gasteiger partial charge in [-0.15, -0.1) is 0 Å². The molecule has 0 aliphatic rings. The summed E-state index contributed by atoms with van der Waals surface area (Å²) in [5.41, 5.74) is 1.24. The second kappa shape index (κ2) is 9.10. The fourth-order valence-corrected chi connectivity index (χ4v) is 3.35. The third-order valence-corrected chi connectivity index (χ3v) is 4.96. The monoisotopic (exact) mass is 410 g/mol. The zero-order valence-corrected chi connectivity index (χ0v) is 17.0. The van der Waals surface area contributed by atoms with Gasteiger partial charge in [0.15, 0.2) is 0 Å². The number of halogens is 1. The second-order valence-corrected chi connectivity index (χ2v) is 8.68. The predicted molar refractivity (Wildman–Crippen MR) is 108 cm³/mol. The SMILES string of the molecule is CC(C)Oc1cccc(N(CC(=O)NCc2ccc(Cl)cc2)S(C)(=O)=O)c1. The van der Waals surface area contributed by atoms with Gasteiger partial charge in [0.1, 0.15) is 12.3 Å². The van der Waals surface area contributed by atoms with Gasteiger partial charge in [-0.3, -0.25) is 9.10 Å². The average molecular weight is 411 g/mol. The van der Waals surface area contributed by atoms with Crippen LogP contribution < -0.4 is 14.4 Å². The van der Waals surface area contributed by atoms with Crippen LogP contribution in [0.5, 0.6) is 5.75 Å². The van der Waals surface area contributed by atoms with Crippen molar-refractivity contribution in [2.75, 3.05) is 17.1 Å². The van der Waals surface area contributed by atoms with Gasteiger partial charge in [-0.1, -0.05) is 29.8 Å². The van der Waals surface area contributed by atoms with Crippen molar-refractivity contribution in [3.8, 4) is 5.75 Å². The van der Waals surface area contributed by atoms with Crippen molar-refractivity contribution in [3.05, 3.63) is 59.1 Å². The molecule has 0 aliphatic carbocycles. The lowest BCUT2D eigenvalue weighted by Crippen LogP contribution is -2.40. The molecule has 2 aromatic carbocycles. The van der Waals surface area contributed by atoms with E-state index in [1.165, 1.54) is 0 Å². The summed E-state index contributed by atoms with van der Waals surface area (Å²) in [6.45, 7) is 3.72. The minimum absolute atomic E-state index is 0.0467. The lowest BCUT2D eigenvalue weighted by molar-refractivity contribution is -0.119. The van der Waals surface area contributed by atoms with E-state index in [9.17, 15) is 13.2 Å². The van der Waals surface area contributed by atoms with Crippen LogP contribution in [0.3, 0.4) is 0 Å². The molecule has 146 valence electrons. The normalized spacial score (nSPS) is 11.3. The van der Waals surface area contributed by atoms with Gasteiger partial charge in [0.05, 0.1) is 18.0 Å². The number of rotatable bonds is 8. The van der Waals surface area contributed by atoms with E-state index >= 15 is 0 Å². The number of anilines is 1. The Bertz CT molecular complexity index is 883. The molecule has 0 saturated heterocycles. The van der Waals surface area contributed by atoms with Crippen molar-refractivity contribution >= 4 is 33.2 Å². The molecule has 0 atom stereocenters. The number of nitrogens with zero attached hydrogens (tertiary/aromatic N) is 1. The first kappa shape index (κ1) is 21.1. The molecule has 0 radical (unpaired) electrons. The van der Waals surface area contributed by atoms with E-state index < -0.39 is 15.9 Å². The van der Waals surface area contributed by atoms with Crippen LogP contribution in [-0.2, 0) is 21.4 Å². The van der Waals surface area contributed by atoms with Crippen molar-refractivity contribution in [3.63, 3.8) is 0 Å². The molecule has 0 spiro atoms. The number of hydrogen-bond acceptors (Lipinski definition) is 4. The van der Waals surface area contributed by atoms with E-state index in [4.69, 9.17) is 16.3 Å². The maximum absolute atomic E-state index is 12.3. The van der Waals surface area contributed by atoms with Gasteiger partial charge in [0.25, 0.3) is 0 Å². The molecule has 0 aromatic heterocycles. The molecule has 0 fully saturated rings. The van der Waals surface area contributed by atoms with Crippen LogP contribution in [0.25, 0.3) is 0 Å². The van der Waals surface area contributed by atoms with Crippen molar-refractivity contribution in [1.29, 1.82) is 0 Å². The van der Waals surface area contributed by atoms with Crippen molar-refractivity contribution in [2.45, 2.75) is 26.5 Å². The molecule has 0 unspecified atom stereocenters. The van der Waals surface area contributed by atoms with Gasteiger partial charge < -0.3 is 10.1 Å². The molecule has 27 heavy (non-hydrogen) atoms. The third kappa shape index (κ3) is 6.77. The highest BCUT2D eigenvalue weighted by Crippen LogP contribution is 2.24. The van der Waals surface area contributed by atoms with Gasteiger partial charge in [0, 0.05) is 17.6 Å². The lowest BCUT2D eigenvalue weighted by atomic mass is 10.2. The lowest BCUT2D eigenvalue weighted by Gasteiger charge is -2.22. The second-order valence-electron chi connectivity index (χ2n) is 6.34. The zero-order valence-electron chi connectivity index (χ0n) is 15.5. The Morgan fingerprint density at radius 1 is 1.19 bits per heavy atom. The Kier molecular flexibility index (Phi) is 7.10. The quantitative estimate of drug-likeness (QED) is 0.725. The van der Waals surface area contributed by atoms with Gasteiger partial charge in [-0.05, 0) is 43.7 Å². The highest BCUT2D eigenvalue weighted by Gasteiger charge is 2.21. The Morgan fingerprint density at radius 3 is 2.44 bits per heavy atom. The largest absolute Gasteiger partial charge is 0.491 e. The minimum Gasteiger partial charge on any atom is -0.491 e. The Labute approximate surface area is 165 Å². The fraction of sp³-hybridized carbons (Fsp3) is 0.316. The number of amides is 1. The maximum Gasteiger partial charge on any atom is 0.241 e. The first-order valence-corrected chi connectivity index (χ1v) is 10.6. The van der Waals surface area contributed by atoms with E-state index in [-0.39, 0.29) is 19.2 Å². The van der Waals surface area contributed by atoms with Gasteiger partial charge in [0.2, 0.25) is 15.9 Å². The summed E-state index contributed by atoms with van der Waals surface area (Å²) in [6, 6.07) is 13.7. The first-order chi connectivity index (χ1) is 12.6. The summed E-state index contributed by atoms with van der Waals surface area (Å²) >= 11 is 5.83.